The van der Waals surface area contributed by atoms with Gasteiger partial charge < -0.3 is 15.1 Å². The first-order valence-electron chi connectivity index (χ1n) is 10.8. The Morgan fingerprint density at radius 1 is 1.03 bits per heavy atom. The van der Waals surface area contributed by atoms with Crippen LogP contribution in [-0.2, 0) is 14.6 Å². The minimum absolute atomic E-state index is 0. The van der Waals surface area contributed by atoms with Crippen LogP contribution in [0.1, 0.15) is 47.5 Å². The van der Waals surface area contributed by atoms with Gasteiger partial charge in [-0.3, -0.25) is 14.7 Å². The van der Waals surface area contributed by atoms with Crippen molar-refractivity contribution in [2.45, 2.75) is 58.2 Å². The smallest absolute Gasteiger partial charge is 0.239 e. The lowest BCUT2D eigenvalue weighted by Gasteiger charge is -2.39. The molecule has 2 heterocycles. The zero-order valence-electron chi connectivity index (χ0n) is 19.2. The molecule has 30 heavy (non-hydrogen) atoms. The summed E-state index contributed by atoms with van der Waals surface area (Å²) in [6, 6.07) is -0.0910. The first-order valence-corrected chi connectivity index (χ1v) is 12.5. The minimum Gasteiger partial charge on any atom is -0.357 e. The number of carbonyl (C=O) groups excluding carboxylic acids is 1. The summed E-state index contributed by atoms with van der Waals surface area (Å²) in [5.74, 6) is 1.05. The second kappa shape index (κ2) is 11.8. The fourth-order valence-corrected chi connectivity index (χ4v) is 4.63. The molecule has 2 saturated heterocycles. The van der Waals surface area contributed by atoms with Crippen LogP contribution in [0.25, 0.3) is 0 Å². The molecule has 8 nitrogen and oxygen atoms in total. The zero-order valence-corrected chi connectivity index (χ0v) is 22.3. The third kappa shape index (κ3) is 7.22. The first-order chi connectivity index (χ1) is 13.6. The molecule has 0 spiro atoms. The number of nitrogens with zero attached hydrogens (tertiary/aromatic N) is 4. The maximum absolute atomic E-state index is 12.7. The van der Waals surface area contributed by atoms with Crippen LogP contribution in [0.3, 0.4) is 0 Å². The van der Waals surface area contributed by atoms with Crippen LogP contribution in [0.4, 0.5) is 0 Å². The van der Waals surface area contributed by atoms with E-state index in [4.69, 9.17) is 0 Å². The van der Waals surface area contributed by atoms with E-state index in [1.807, 2.05) is 18.7 Å². The van der Waals surface area contributed by atoms with E-state index in [9.17, 15) is 13.2 Å². The van der Waals surface area contributed by atoms with Gasteiger partial charge in [0.05, 0.1) is 23.1 Å². The van der Waals surface area contributed by atoms with Gasteiger partial charge in [-0.15, -0.1) is 24.0 Å². The molecule has 2 rings (SSSR count). The third-order valence-electron chi connectivity index (χ3n) is 5.83. The average Bonchev–Trinajstić information content (AvgIpc) is 3.20. The molecule has 1 N–H and O–H groups in total. The maximum atomic E-state index is 12.7. The highest BCUT2D eigenvalue weighted by molar-refractivity contribution is 14.0. The molecule has 0 aromatic carbocycles. The van der Waals surface area contributed by atoms with Crippen LogP contribution >= 0.6 is 24.0 Å². The molecule has 2 fully saturated rings. The number of aliphatic imine (C=N–C) groups is 1. The number of guanidine groups is 1. The second-order valence-corrected chi connectivity index (χ2v) is 11.8. The maximum Gasteiger partial charge on any atom is 0.239 e. The molecular weight excluding hydrogens is 517 g/mol. The molecule has 2 aliphatic heterocycles. The quantitative estimate of drug-likeness (QED) is 0.302. The standard InChI is InChI=1S/C20H39N5O3S.HI/c1-6-21-19(22-9-16-29(27,28)20(3,4)5)25-14-12-23(13-15-25)17(2)18(26)24-10-7-8-11-24;/h17H,6-16H2,1-5H3,(H,21,22);1H. The van der Waals surface area contributed by atoms with Crippen molar-refractivity contribution >= 4 is 45.7 Å². The van der Waals surface area contributed by atoms with Gasteiger partial charge >= 0.3 is 0 Å². The zero-order chi connectivity index (χ0) is 21.7. The molecule has 176 valence electrons. The van der Waals surface area contributed by atoms with Crippen LogP contribution in [0.5, 0.6) is 0 Å². The van der Waals surface area contributed by atoms with Gasteiger partial charge in [0.25, 0.3) is 0 Å². The number of rotatable bonds is 6. The highest BCUT2D eigenvalue weighted by atomic mass is 127. The second-order valence-electron chi connectivity index (χ2n) is 8.90. The molecule has 0 saturated carbocycles. The van der Waals surface area contributed by atoms with Crippen LogP contribution in [0.2, 0.25) is 0 Å². The highest BCUT2D eigenvalue weighted by Crippen LogP contribution is 2.16. The van der Waals surface area contributed by atoms with Crippen LogP contribution in [0.15, 0.2) is 4.99 Å². The van der Waals surface area contributed by atoms with E-state index in [2.05, 4.69) is 20.1 Å². The summed E-state index contributed by atoms with van der Waals surface area (Å²) in [6.45, 7) is 15.1. The van der Waals surface area contributed by atoms with Crippen LogP contribution in [0, 0.1) is 0 Å². The van der Waals surface area contributed by atoms with Crippen molar-refractivity contribution in [1.29, 1.82) is 0 Å². The van der Waals surface area contributed by atoms with E-state index >= 15 is 0 Å². The van der Waals surface area contributed by atoms with Crippen LogP contribution < -0.4 is 5.32 Å². The predicted molar refractivity (Wildman–Crippen MR) is 133 cm³/mol. The van der Waals surface area contributed by atoms with Gasteiger partial charge in [-0.25, -0.2) is 8.42 Å². The SMILES string of the molecule is CCNC(=NCCS(=O)(=O)C(C)(C)C)N1CCN(C(C)C(=O)N2CCCC2)CC1.I. The molecule has 2 aliphatic rings. The first kappa shape index (κ1) is 27.4. The number of amides is 1. The Labute approximate surface area is 199 Å². The third-order valence-corrected chi connectivity index (χ3v) is 8.41. The number of sulfone groups is 1. The van der Waals surface area contributed by atoms with Gasteiger partial charge in [0, 0.05) is 45.8 Å². The molecule has 0 aromatic heterocycles. The van der Waals surface area contributed by atoms with Crippen molar-refractivity contribution in [3.63, 3.8) is 0 Å². The molecule has 1 atom stereocenters. The molecule has 1 unspecified atom stereocenters. The van der Waals surface area contributed by atoms with Crippen molar-refractivity contribution in [3.05, 3.63) is 0 Å². The Kier molecular flexibility index (Phi) is 10.8. The van der Waals surface area contributed by atoms with Gasteiger partial charge in [-0.2, -0.15) is 0 Å². The van der Waals surface area contributed by atoms with Crippen LogP contribution in [-0.4, -0.2) is 104 Å². The van der Waals surface area contributed by atoms with Crippen molar-refractivity contribution in [2.75, 3.05) is 58.1 Å². The molecule has 10 heteroatoms. The Bertz CT molecular complexity index is 679. The van der Waals surface area contributed by atoms with E-state index < -0.39 is 14.6 Å². The van der Waals surface area contributed by atoms with Gasteiger partial charge in [-0.1, -0.05) is 0 Å². The van der Waals surface area contributed by atoms with E-state index in [0.717, 1.165) is 64.6 Å². The number of likely N-dealkylation sites (tertiary alicyclic amines) is 1. The van der Waals surface area contributed by atoms with Gasteiger partial charge in [0.2, 0.25) is 5.91 Å². The highest BCUT2D eigenvalue weighted by Gasteiger charge is 2.31. The van der Waals surface area contributed by atoms with Gasteiger partial charge in [0.15, 0.2) is 15.8 Å². The summed E-state index contributed by atoms with van der Waals surface area (Å²) in [6.07, 6.45) is 2.22. The van der Waals surface area contributed by atoms with Crippen molar-refractivity contribution in [1.82, 2.24) is 20.0 Å². The summed E-state index contributed by atoms with van der Waals surface area (Å²) in [5.41, 5.74) is 0. The fourth-order valence-electron chi connectivity index (χ4n) is 3.68. The van der Waals surface area contributed by atoms with E-state index in [0.29, 0.717) is 0 Å². The summed E-state index contributed by atoms with van der Waals surface area (Å²) in [7, 11) is -3.18. The molecule has 0 aromatic rings. The predicted octanol–water partition coefficient (Wildman–Crippen LogP) is 1.41. The lowest BCUT2D eigenvalue weighted by Crippen LogP contribution is -2.57. The van der Waals surface area contributed by atoms with Gasteiger partial charge in [-0.05, 0) is 47.5 Å². The number of hydrogen-bond acceptors (Lipinski definition) is 5. The molecular formula is C20H40IN5O3S. The summed E-state index contributed by atoms with van der Waals surface area (Å²) in [5, 5.41) is 3.28. The number of halogens is 1. The lowest BCUT2D eigenvalue weighted by atomic mass is 10.2. The molecule has 1 amide bonds. The normalized spacial score (nSPS) is 20.1. The molecule has 0 aliphatic carbocycles. The lowest BCUT2D eigenvalue weighted by molar-refractivity contribution is -0.135. The Balaban J connectivity index is 0.00000450. The Hall–Kier alpha value is -0.620. The number of piperazine rings is 1. The number of nitrogens with one attached hydrogen (secondary N) is 1. The molecule has 0 bridgehead atoms. The largest absolute Gasteiger partial charge is 0.357 e. The van der Waals surface area contributed by atoms with Crippen molar-refractivity contribution in [2.24, 2.45) is 4.99 Å². The van der Waals surface area contributed by atoms with Gasteiger partial charge in [0.1, 0.15) is 0 Å². The van der Waals surface area contributed by atoms with Crippen molar-refractivity contribution < 1.29 is 13.2 Å². The minimum atomic E-state index is -3.18. The van der Waals surface area contributed by atoms with E-state index in [1.54, 1.807) is 20.8 Å². The Morgan fingerprint density at radius 2 is 1.60 bits per heavy atom. The van der Waals surface area contributed by atoms with E-state index in [-0.39, 0.29) is 48.2 Å². The number of hydrogen-bond donors (Lipinski definition) is 1. The molecule has 0 radical (unpaired) electrons. The number of carbonyl (C=O) groups is 1. The topological polar surface area (TPSA) is 85.3 Å². The fraction of sp³-hybridized carbons (Fsp3) is 0.900. The summed E-state index contributed by atoms with van der Waals surface area (Å²) >= 11 is 0. The summed E-state index contributed by atoms with van der Waals surface area (Å²) < 4.78 is 23.9. The average molecular weight is 558 g/mol. The summed E-state index contributed by atoms with van der Waals surface area (Å²) in [4.78, 5) is 23.6. The monoisotopic (exact) mass is 557 g/mol. The van der Waals surface area contributed by atoms with Crippen molar-refractivity contribution in [3.8, 4) is 0 Å². The van der Waals surface area contributed by atoms with E-state index in [1.165, 1.54) is 0 Å². The Morgan fingerprint density at radius 3 is 2.10 bits per heavy atom.